The molecule has 0 fully saturated rings. The SMILES string of the molecule is Cc1cccc(C(C#N)NCc2ccccc2F)c1. The molecule has 1 N–H and O–H groups in total. The topological polar surface area (TPSA) is 35.8 Å². The van der Waals surface area contributed by atoms with Crippen LogP contribution in [0.4, 0.5) is 4.39 Å². The van der Waals surface area contributed by atoms with Gasteiger partial charge in [-0.05, 0) is 18.6 Å². The Kier molecular flexibility index (Phi) is 4.27. The van der Waals surface area contributed by atoms with Crippen LogP contribution in [0.5, 0.6) is 0 Å². The normalized spacial score (nSPS) is 11.8. The zero-order valence-electron chi connectivity index (χ0n) is 10.7. The predicted octanol–water partition coefficient (Wildman–Crippen LogP) is 3.49. The standard InChI is InChI=1S/C16H15FN2/c1-12-5-4-7-13(9-12)16(10-18)19-11-14-6-2-3-8-15(14)17/h2-9,16,19H,11H2,1H3. The summed E-state index contributed by atoms with van der Waals surface area (Å²) in [5.41, 5.74) is 2.57. The van der Waals surface area contributed by atoms with Crippen LogP contribution in [0.1, 0.15) is 22.7 Å². The number of halogens is 1. The zero-order valence-corrected chi connectivity index (χ0v) is 10.7. The van der Waals surface area contributed by atoms with Crippen LogP contribution in [-0.4, -0.2) is 0 Å². The lowest BCUT2D eigenvalue weighted by molar-refractivity contribution is 0.571. The van der Waals surface area contributed by atoms with Gasteiger partial charge in [0.25, 0.3) is 0 Å². The van der Waals surface area contributed by atoms with Crippen molar-refractivity contribution in [3.63, 3.8) is 0 Å². The average Bonchev–Trinajstić information content (AvgIpc) is 2.41. The average molecular weight is 254 g/mol. The maximum absolute atomic E-state index is 13.5. The molecule has 1 unspecified atom stereocenters. The third-order valence-electron chi connectivity index (χ3n) is 2.96. The van der Waals surface area contributed by atoms with Crippen molar-refractivity contribution in [3.05, 3.63) is 71.0 Å². The maximum Gasteiger partial charge on any atom is 0.127 e. The molecule has 0 heterocycles. The molecular weight excluding hydrogens is 239 g/mol. The molecule has 0 saturated heterocycles. The third kappa shape index (κ3) is 3.40. The molecule has 0 amide bonds. The molecule has 0 aliphatic rings. The molecular formula is C16H15FN2. The summed E-state index contributed by atoms with van der Waals surface area (Å²) < 4.78 is 13.5. The first-order valence-corrected chi connectivity index (χ1v) is 6.13. The largest absolute Gasteiger partial charge is 0.294 e. The molecule has 2 aromatic rings. The van der Waals surface area contributed by atoms with Gasteiger partial charge in [0.1, 0.15) is 11.9 Å². The highest BCUT2D eigenvalue weighted by molar-refractivity contribution is 5.29. The van der Waals surface area contributed by atoms with Gasteiger partial charge in [0.05, 0.1) is 6.07 Å². The minimum atomic E-state index is -0.431. The van der Waals surface area contributed by atoms with Gasteiger partial charge in [-0.2, -0.15) is 5.26 Å². The summed E-state index contributed by atoms with van der Waals surface area (Å²) in [5.74, 6) is -0.254. The first-order valence-electron chi connectivity index (χ1n) is 6.13. The van der Waals surface area contributed by atoms with E-state index in [-0.39, 0.29) is 5.82 Å². The van der Waals surface area contributed by atoms with Gasteiger partial charge in [-0.15, -0.1) is 0 Å². The van der Waals surface area contributed by atoms with E-state index in [9.17, 15) is 9.65 Å². The van der Waals surface area contributed by atoms with Crippen molar-refractivity contribution < 1.29 is 4.39 Å². The maximum atomic E-state index is 13.5. The van der Waals surface area contributed by atoms with Gasteiger partial charge in [0.15, 0.2) is 0 Å². The van der Waals surface area contributed by atoms with Crippen molar-refractivity contribution in [2.75, 3.05) is 0 Å². The highest BCUT2D eigenvalue weighted by Gasteiger charge is 2.10. The van der Waals surface area contributed by atoms with Crippen LogP contribution in [0.3, 0.4) is 0 Å². The molecule has 19 heavy (non-hydrogen) atoms. The molecule has 0 spiro atoms. The number of rotatable bonds is 4. The second-order valence-electron chi connectivity index (χ2n) is 4.45. The fourth-order valence-corrected chi connectivity index (χ4v) is 1.94. The fraction of sp³-hybridized carbons (Fsp3) is 0.188. The number of nitrogens with one attached hydrogen (secondary N) is 1. The van der Waals surface area contributed by atoms with Crippen molar-refractivity contribution in [3.8, 4) is 6.07 Å². The lowest BCUT2D eigenvalue weighted by atomic mass is 10.1. The summed E-state index contributed by atoms with van der Waals surface area (Å²) in [6.45, 7) is 2.31. The van der Waals surface area contributed by atoms with E-state index < -0.39 is 6.04 Å². The second kappa shape index (κ2) is 6.12. The molecule has 3 heteroatoms. The number of hydrogen-bond donors (Lipinski definition) is 1. The number of benzene rings is 2. The molecule has 2 aromatic carbocycles. The second-order valence-corrected chi connectivity index (χ2v) is 4.45. The van der Waals surface area contributed by atoms with Crippen LogP contribution in [0.15, 0.2) is 48.5 Å². The molecule has 0 aromatic heterocycles. The van der Waals surface area contributed by atoms with Crippen LogP contribution in [0, 0.1) is 24.1 Å². The fourth-order valence-electron chi connectivity index (χ4n) is 1.94. The van der Waals surface area contributed by atoms with Crippen LogP contribution >= 0.6 is 0 Å². The summed E-state index contributed by atoms with van der Waals surface area (Å²) in [7, 11) is 0. The molecule has 2 rings (SSSR count). The zero-order chi connectivity index (χ0) is 13.7. The summed E-state index contributed by atoms with van der Waals surface area (Å²) in [6.07, 6.45) is 0. The molecule has 0 aliphatic heterocycles. The van der Waals surface area contributed by atoms with Crippen molar-refractivity contribution in [1.82, 2.24) is 5.32 Å². The van der Waals surface area contributed by atoms with E-state index in [0.29, 0.717) is 12.1 Å². The Labute approximate surface area is 112 Å². The highest BCUT2D eigenvalue weighted by Crippen LogP contribution is 2.15. The van der Waals surface area contributed by atoms with Gasteiger partial charge in [-0.1, -0.05) is 48.0 Å². The molecule has 0 radical (unpaired) electrons. The van der Waals surface area contributed by atoms with Gasteiger partial charge in [0.2, 0.25) is 0 Å². The van der Waals surface area contributed by atoms with Gasteiger partial charge >= 0.3 is 0 Å². The summed E-state index contributed by atoms with van der Waals surface area (Å²) in [6, 6.07) is 16.1. The van der Waals surface area contributed by atoms with Gasteiger partial charge in [-0.25, -0.2) is 4.39 Å². The minimum Gasteiger partial charge on any atom is -0.294 e. The molecule has 0 bridgehead atoms. The number of nitriles is 1. The van der Waals surface area contributed by atoms with Gasteiger partial charge < -0.3 is 0 Å². The Morgan fingerprint density at radius 2 is 2.00 bits per heavy atom. The minimum absolute atomic E-state index is 0.254. The van der Waals surface area contributed by atoms with Crippen molar-refractivity contribution >= 4 is 0 Å². The smallest absolute Gasteiger partial charge is 0.127 e. The van der Waals surface area contributed by atoms with Gasteiger partial charge in [-0.3, -0.25) is 5.32 Å². The summed E-state index contributed by atoms with van der Waals surface area (Å²) >= 11 is 0. The number of hydrogen-bond acceptors (Lipinski definition) is 2. The van der Waals surface area contributed by atoms with E-state index in [1.807, 2.05) is 31.2 Å². The van der Waals surface area contributed by atoms with Crippen LogP contribution in [0.2, 0.25) is 0 Å². The monoisotopic (exact) mass is 254 g/mol. The Balaban J connectivity index is 2.09. The van der Waals surface area contributed by atoms with E-state index in [2.05, 4.69) is 11.4 Å². The predicted molar refractivity (Wildman–Crippen MR) is 72.8 cm³/mol. The number of aryl methyl sites for hydroxylation is 1. The van der Waals surface area contributed by atoms with Crippen LogP contribution < -0.4 is 5.32 Å². The Morgan fingerprint density at radius 3 is 2.68 bits per heavy atom. The highest BCUT2D eigenvalue weighted by atomic mass is 19.1. The molecule has 0 aliphatic carbocycles. The van der Waals surface area contributed by atoms with E-state index in [4.69, 9.17) is 0 Å². The molecule has 2 nitrogen and oxygen atoms in total. The van der Waals surface area contributed by atoms with E-state index in [1.165, 1.54) is 6.07 Å². The van der Waals surface area contributed by atoms with Crippen molar-refractivity contribution in [1.29, 1.82) is 5.26 Å². The Morgan fingerprint density at radius 1 is 1.21 bits per heavy atom. The van der Waals surface area contributed by atoms with Crippen molar-refractivity contribution in [2.45, 2.75) is 19.5 Å². The number of nitrogens with zero attached hydrogens (tertiary/aromatic N) is 1. The Bertz CT molecular complexity index is 602. The Hall–Kier alpha value is -2.18. The van der Waals surface area contributed by atoms with Gasteiger partial charge in [0, 0.05) is 12.1 Å². The first-order chi connectivity index (χ1) is 9.20. The lowest BCUT2D eigenvalue weighted by Gasteiger charge is -2.13. The van der Waals surface area contributed by atoms with E-state index in [0.717, 1.165) is 11.1 Å². The molecule has 1 atom stereocenters. The summed E-state index contributed by atoms with van der Waals surface area (Å²) in [4.78, 5) is 0. The lowest BCUT2D eigenvalue weighted by Crippen LogP contribution is -2.20. The van der Waals surface area contributed by atoms with E-state index in [1.54, 1.807) is 18.2 Å². The van der Waals surface area contributed by atoms with E-state index >= 15 is 0 Å². The van der Waals surface area contributed by atoms with Crippen LogP contribution in [0.25, 0.3) is 0 Å². The molecule has 96 valence electrons. The first kappa shape index (κ1) is 13.3. The third-order valence-corrected chi connectivity index (χ3v) is 2.96. The molecule has 0 saturated carbocycles. The van der Waals surface area contributed by atoms with Crippen LogP contribution in [-0.2, 0) is 6.54 Å². The summed E-state index contributed by atoms with van der Waals surface area (Å²) in [5, 5.41) is 12.3. The van der Waals surface area contributed by atoms with Crippen molar-refractivity contribution in [2.24, 2.45) is 0 Å². The quantitative estimate of drug-likeness (QED) is 0.906.